The molecule has 0 spiro atoms. The summed E-state index contributed by atoms with van der Waals surface area (Å²) in [6.45, 7) is 7.40. The summed E-state index contributed by atoms with van der Waals surface area (Å²) in [6, 6.07) is 7.67. The van der Waals surface area contributed by atoms with Gasteiger partial charge in [-0.25, -0.2) is 0 Å². The van der Waals surface area contributed by atoms with Gasteiger partial charge in [-0.2, -0.15) is 0 Å². The van der Waals surface area contributed by atoms with Crippen LogP contribution in [0.3, 0.4) is 0 Å². The Labute approximate surface area is 129 Å². The Morgan fingerprint density at radius 1 is 1.32 bits per heavy atom. The molecule has 0 fully saturated rings. The molecule has 1 heterocycles. The van der Waals surface area contributed by atoms with Crippen LogP contribution >= 0.6 is 0 Å². The van der Waals surface area contributed by atoms with Gasteiger partial charge in [0.05, 0.1) is 0 Å². The lowest BCUT2D eigenvalue weighted by Gasteiger charge is -2.07. The fraction of sp³-hybridized carbons (Fsp3) is 0.312. The van der Waals surface area contributed by atoms with Crippen molar-refractivity contribution >= 4 is 11.9 Å². The molecule has 0 saturated carbocycles. The van der Waals surface area contributed by atoms with Gasteiger partial charge in [0.2, 0.25) is 0 Å². The number of nitrogens with zero attached hydrogens (tertiary/aromatic N) is 2. The summed E-state index contributed by atoms with van der Waals surface area (Å²) in [5, 5.41) is 6.59. The summed E-state index contributed by atoms with van der Waals surface area (Å²) < 4.78 is 5.20. The van der Waals surface area contributed by atoms with Gasteiger partial charge in [-0.3, -0.25) is 15.1 Å². The van der Waals surface area contributed by atoms with Crippen molar-refractivity contribution in [1.29, 1.82) is 0 Å². The molecule has 0 radical (unpaired) electrons. The maximum Gasteiger partial charge on any atom is 0.263 e. The van der Waals surface area contributed by atoms with Crippen molar-refractivity contribution in [3.63, 3.8) is 0 Å². The lowest BCUT2D eigenvalue weighted by atomic mass is 10.0. The van der Waals surface area contributed by atoms with Crippen molar-refractivity contribution in [3.8, 4) is 11.3 Å². The molecule has 1 aromatic carbocycles. The molecule has 6 nitrogen and oxygen atoms in total. The Hall–Kier alpha value is -2.63. The van der Waals surface area contributed by atoms with Gasteiger partial charge in [-0.05, 0) is 33.3 Å². The lowest BCUT2D eigenvalue weighted by Crippen LogP contribution is -2.37. The minimum atomic E-state index is -0.376. The minimum Gasteiger partial charge on any atom is -0.370 e. The molecule has 2 aromatic rings. The first-order chi connectivity index (χ1) is 10.4. The van der Waals surface area contributed by atoms with E-state index in [0.717, 1.165) is 11.1 Å². The molecule has 116 valence electrons. The minimum absolute atomic E-state index is 0.000269. The molecule has 1 aromatic heterocycles. The second-order valence-electron chi connectivity index (χ2n) is 5.34. The molecule has 22 heavy (non-hydrogen) atoms. The Morgan fingerprint density at radius 2 is 2.00 bits per heavy atom. The molecule has 0 atom stereocenters. The third-order valence-electron chi connectivity index (χ3n) is 3.13. The summed E-state index contributed by atoms with van der Waals surface area (Å²) in [5.74, 6) is 0.142. The Bertz CT molecular complexity index is 717. The zero-order chi connectivity index (χ0) is 16.3. The Morgan fingerprint density at radius 3 is 2.64 bits per heavy atom. The number of rotatable bonds is 3. The van der Waals surface area contributed by atoms with Gasteiger partial charge in [0.25, 0.3) is 5.91 Å². The first kappa shape index (κ1) is 15.8. The number of benzene rings is 1. The van der Waals surface area contributed by atoms with Crippen LogP contribution in [0.5, 0.6) is 0 Å². The van der Waals surface area contributed by atoms with E-state index < -0.39 is 0 Å². The summed E-state index contributed by atoms with van der Waals surface area (Å²) in [7, 11) is 0. The number of aryl methyl sites for hydroxylation is 2. The number of carbonyl (C=O) groups excluding carboxylic acids is 1. The number of nitrogens with one attached hydrogen (secondary N) is 1. The lowest BCUT2D eigenvalue weighted by molar-refractivity contribution is 0.0975. The third-order valence-corrected chi connectivity index (χ3v) is 3.13. The van der Waals surface area contributed by atoms with Crippen molar-refractivity contribution in [2.24, 2.45) is 10.7 Å². The molecule has 2 rings (SSSR count). The number of aromatic nitrogens is 1. The number of hydrogen-bond acceptors (Lipinski definition) is 4. The van der Waals surface area contributed by atoms with Crippen molar-refractivity contribution < 1.29 is 9.32 Å². The number of hydrogen-bond donors (Lipinski definition) is 2. The van der Waals surface area contributed by atoms with Crippen LogP contribution in [0.25, 0.3) is 11.3 Å². The van der Waals surface area contributed by atoms with Gasteiger partial charge in [-0.15, -0.1) is 0 Å². The molecule has 0 unspecified atom stereocenters. The number of guanidine groups is 1. The topological polar surface area (TPSA) is 93.5 Å². The molecule has 1 amide bonds. The molecular formula is C16H20N4O2. The first-order valence-corrected chi connectivity index (χ1v) is 7.07. The van der Waals surface area contributed by atoms with Crippen LogP contribution in [0.4, 0.5) is 0 Å². The predicted molar refractivity (Wildman–Crippen MR) is 85.6 cm³/mol. The third kappa shape index (κ3) is 3.33. The van der Waals surface area contributed by atoms with Crippen molar-refractivity contribution in [2.45, 2.75) is 33.7 Å². The van der Waals surface area contributed by atoms with E-state index in [1.165, 1.54) is 0 Å². The van der Waals surface area contributed by atoms with E-state index >= 15 is 0 Å². The second kappa shape index (κ2) is 6.43. The maximum absolute atomic E-state index is 12.5. The van der Waals surface area contributed by atoms with Crippen molar-refractivity contribution in [2.75, 3.05) is 0 Å². The largest absolute Gasteiger partial charge is 0.370 e. The van der Waals surface area contributed by atoms with Gasteiger partial charge in [-0.1, -0.05) is 29.4 Å². The molecule has 0 aliphatic carbocycles. The van der Waals surface area contributed by atoms with Crippen molar-refractivity contribution in [3.05, 3.63) is 41.2 Å². The summed E-state index contributed by atoms with van der Waals surface area (Å²) in [5.41, 5.74) is 8.45. The molecule has 3 N–H and O–H groups in total. The van der Waals surface area contributed by atoms with E-state index in [2.05, 4.69) is 15.5 Å². The van der Waals surface area contributed by atoms with Gasteiger partial charge < -0.3 is 10.3 Å². The van der Waals surface area contributed by atoms with E-state index in [1.54, 1.807) is 6.92 Å². The highest BCUT2D eigenvalue weighted by Crippen LogP contribution is 2.27. The van der Waals surface area contributed by atoms with Crippen LogP contribution in [0.2, 0.25) is 0 Å². The SMILES string of the molecule is Cc1ccccc1-c1noc(C)c1C(=O)NC(N)=NC(C)C. The quantitative estimate of drug-likeness (QED) is 0.672. The summed E-state index contributed by atoms with van der Waals surface area (Å²) in [6.07, 6.45) is 0. The van der Waals surface area contributed by atoms with Gasteiger partial charge >= 0.3 is 0 Å². The van der Waals surface area contributed by atoms with Crippen LogP contribution in [0.1, 0.15) is 35.5 Å². The van der Waals surface area contributed by atoms with Gasteiger partial charge in [0.15, 0.2) is 5.96 Å². The van der Waals surface area contributed by atoms with Crippen LogP contribution in [0.15, 0.2) is 33.8 Å². The fourth-order valence-electron chi connectivity index (χ4n) is 2.15. The van der Waals surface area contributed by atoms with E-state index in [0.29, 0.717) is 17.0 Å². The van der Waals surface area contributed by atoms with E-state index in [9.17, 15) is 4.79 Å². The zero-order valence-corrected chi connectivity index (χ0v) is 13.2. The first-order valence-electron chi connectivity index (χ1n) is 7.07. The zero-order valence-electron chi connectivity index (χ0n) is 13.2. The van der Waals surface area contributed by atoms with Gasteiger partial charge in [0.1, 0.15) is 17.0 Å². The van der Waals surface area contributed by atoms with Crippen LogP contribution in [-0.2, 0) is 0 Å². The summed E-state index contributed by atoms with van der Waals surface area (Å²) in [4.78, 5) is 16.5. The van der Waals surface area contributed by atoms with Crippen LogP contribution in [-0.4, -0.2) is 23.1 Å². The smallest absolute Gasteiger partial charge is 0.263 e. The number of carbonyl (C=O) groups is 1. The Balaban J connectivity index is 2.39. The molecule has 0 saturated heterocycles. The highest BCUT2D eigenvalue weighted by molar-refractivity contribution is 6.09. The average molecular weight is 300 g/mol. The molecule has 6 heteroatoms. The van der Waals surface area contributed by atoms with Crippen LogP contribution in [0, 0.1) is 13.8 Å². The number of nitrogens with two attached hydrogens (primary N) is 1. The highest BCUT2D eigenvalue weighted by Gasteiger charge is 2.23. The predicted octanol–water partition coefficient (Wildman–Crippen LogP) is 2.41. The highest BCUT2D eigenvalue weighted by atomic mass is 16.5. The maximum atomic E-state index is 12.5. The molecular weight excluding hydrogens is 280 g/mol. The van der Waals surface area contributed by atoms with Crippen LogP contribution < -0.4 is 11.1 Å². The van der Waals surface area contributed by atoms with Gasteiger partial charge in [0, 0.05) is 11.6 Å². The monoisotopic (exact) mass is 300 g/mol. The average Bonchev–Trinajstić information content (AvgIpc) is 2.80. The molecule has 0 bridgehead atoms. The van der Waals surface area contributed by atoms with E-state index in [1.807, 2.05) is 45.0 Å². The fourth-order valence-corrected chi connectivity index (χ4v) is 2.15. The normalized spacial score (nSPS) is 11.8. The Kier molecular flexibility index (Phi) is 4.60. The molecule has 0 aliphatic heterocycles. The van der Waals surface area contributed by atoms with Crippen molar-refractivity contribution in [1.82, 2.24) is 10.5 Å². The standard InChI is InChI=1S/C16H20N4O2/c1-9(2)18-16(17)19-15(21)13-11(4)22-20-14(13)12-8-6-5-7-10(12)3/h5-9H,1-4H3,(H3,17,18,19,21). The van der Waals surface area contributed by atoms with E-state index in [-0.39, 0.29) is 17.9 Å². The molecule has 0 aliphatic rings. The number of amides is 1. The van der Waals surface area contributed by atoms with E-state index in [4.69, 9.17) is 10.3 Å². The number of aliphatic imine (C=N–C) groups is 1. The second-order valence-corrected chi connectivity index (χ2v) is 5.34. The summed E-state index contributed by atoms with van der Waals surface area (Å²) >= 11 is 0.